The molecule has 0 aromatic heterocycles. The predicted octanol–water partition coefficient (Wildman–Crippen LogP) is 1.59. The minimum Gasteiger partial charge on any atom is -0.393 e. The third-order valence-electron chi connectivity index (χ3n) is 5.78. The van der Waals surface area contributed by atoms with Gasteiger partial charge in [-0.05, 0) is 11.6 Å². The molecule has 0 bridgehead atoms. The number of carbonyl (C=O) groups is 4. The van der Waals surface area contributed by atoms with E-state index in [0.717, 1.165) is 24.3 Å². The number of aliphatic hydroxyl groups is 4. The summed E-state index contributed by atoms with van der Waals surface area (Å²) in [4.78, 5) is 53.2. The second kappa shape index (κ2) is 9.99. The second-order valence-corrected chi connectivity index (χ2v) is 8.14. The molecular weight excluding hydrogens is 476 g/mol. The fourth-order valence-corrected chi connectivity index (χ4v) is 4.05. The summed E-state index contributed by atoms with van der Waals surface area (Å²) in [5.74, 6) is -4.61. The molecule has 0 spiro atoms. The molecule has 4 N–H and O–H groups in total. The molecule has 3 atom stereocenters. The maximum Gasteiger partial charge on any atom is 0.265 e. The molecule has 0 aliphatic rings. The first-order valence-electron chi connectivity index (χ1n) is 10.3. The minimum atomic E-state index is -3.96. The summed E-state index contributed by atoms with van der Waals surface area (Å²) >= 11 is 5.63. The van der Waals surface area contributed by atoms with Crippen molar-refractivity contribution in [2.75, 3.05) is 6.61 Å². The van der Waals surface area contributed by atoms with Gasteiger partial charge < -0.3 is 20.4 Å². The Hall–Kier alpha value is -3.53. The van der Waals surface area contributed by atoms with Crippen LogP contribution in [0.5, 0.6) is 0 Å². The highest BCUT2D eigenvalue weighted by atomic mass is 35.5. The first kappa shape index (κ1) is 26.1. The molecule has 0 fully saturated rings. The highest BCUT2D eigenvalue weighted by Crippen LogP contribution is 2.42. The molecule has 0 aliphatic carbocycles. The summed E-state index contributed by atoms with van der Waals surface area (Å²) in [5, 5.41) is 43.1. The van der Waals surface area contributed by atoms with Crippen LogP contribution < -0.4 is 0 Å². The number of Topliss-reactive ketones (excluding diaryl/α,β-unsaturated/α-hetero) is 3. The molecular formula is C26H21ClO8. The van der Waals surface area contributed by atoms with E-state index in [2.05, 4.69) is 0 Å². The molecule has 0 amide bonds. The molecule has 180 valence electrons. The lowest BCUT2D eigenvalue weighted by Gasteiger charge is -2.47. The number of rotatable bonds is 10. The summed E-state index contributed by atoms with van der Waals surface area (Å²) in [7, 11) is 0. The largest absolute Gasteiger partial charge is 0.393 e. The summed E-state index contributed by atoms with van der Waals surface area (Å²) < 4.78 is 0. The lowest BCUT2D eigenvalue weighted by atomic mass is 9.62. The maximum absolute atomic E-state index is 13.7. The molecule has 3 aromatic carbocycles. The van der Waals surface area contributed by atoms with Crippen molar-refractivity contribution in [1.82, 2.24) is 0 Å². The Balaban J connectivity index is 2.38. The molecule has 9 heteroatoms. The molecule has 8 nitrogen and oxygen atoms in total. The third kappa shape index (κ3) is 4.12. The number of carbonyl (C=O) groups excluding carboxylic acids is 4. The zero-order valence-corrected chi connectivity index (χ0v) is 18.9. The van der Waals surface area contributed by atoms with Gasteiger partial charge in [-0.3, -0.25) is 19.2 Å². The fraction of sp³-hybridized carbons (Fsp3) is 0.154. The lowest BCUT2D eigenvalue weighted by molar-refractivity contribution is -0.190. The van der Waals surface area contributed by atoms with Gasteiger partial charge in [0.1, 0.15) is 0 Å². The van der Waals surface area contributed by atoms with Crippen LogP contribution >= 0.6 is 11.6 Å². The number of halogens is 1. The fourth-order valence-electron chi connectivity index (χ4n) is 3.82. The van der Waals surface area contributed by atoms with Crippen molar-refractivity contribution in [3.63, 3.8) is 0 Å². The molecule has 0 saturated carbocycles. The maximum atomic E-state index is 13.7. The van der Waals surface area contributed by atoms with Gasteiger partial charge in [0.15, 0.2) is 11.4 Å². The molecule has 0 saturated heterocycles. The smallest absolute Gasteiger partial charge is 0.265 e. The van der Waals surface area contributed by atoms with Gasteiger partial charge in [-0.15, -0.1) is 0 Å². The number of hydrogen-bond acceptors (Lipinski definition) is 8. The quantitative estimate of drug-likeness (QED) is 0.188. The summed E-state index contributed by atoms with van der Waals surface area (Å²) in [6.07, 6.45) is 0. The van der Waals surface area contributed by atoms with Crippen LogP contribution in [0.2, 0.25) is 0 Å². The van der Waals surface area contributed by atoms with E-state index in [1.54, 1.807) is 0 Å². The first-order chi connectivity index (χ1) is 16.6. The Kier molecular flexibility index (Phi) is 7.44. The minimum absolute atomic E-state index is 0.292. The van der Waals surface area contributed by atoms with Gasteiger partial charge in [-0.2, -0.15) is 0 Å². The van der Waals surface area contributed by atoms with E-state index in [1.807, 2.05) is 0 Å². The van der Waals surface area contributed by atoms with Crippen LogP contribution in [-0.4, -0.2) is 66.4 Å². The standard InChI is InChI=1S/C26H21ClO8/c27-23(32)25(34,21(30)18-12-6-2-7-13-18)26(35,22(31)19-14-8-3-9-15-19)24(33,16-28)20(29)17-10-4-1-5-11-17/h1-15,28,33-35H,16H2/t24-,25-,26+/m0/s1. The Morgan fingerprint density at radius 3 is 1.29 bits per heavy atom. The first-order valence-corrected chi connectivity index (χ1v) is 10.7. The number of hydrogen-bond donors (Lipinski definition) is 4. The van der Waals surface area contributed by atoms with E-state index in [1.165, 1.54) is 66.7 Å². The Bertz CT molecular complexity index is 1250. The van der Waals surface area contributed by atoms with E-state index in [9.17, 15) is 39.6 Å². The van der Waals surface area contributed by atoms with E-state index < -0.39 is 46.0 Å². The molecule has 0 heterocycles. The third-order valence-corrected chi connectivity index (χ3v) is 6.05. The van der Waals surface area contributed by atoms with Gasteiger partial charge in [0.05, 0.1) is 6.61 Å². The molecule has 0 aliphatic heterocycles. The van der Waals surface area contributed by atoms with Crippen LogP contribution in [0.15, 0.2) is 91.0 Å². The topological polar surface area (TPSA) is 149 Å². The van der Waals surface area contributed by atoms with E-state index in [4.69, 9.17) is 11.6 Å². The predicted molar refractivity (Wildman–Crippen MR) is 125 cm³/mol. The average molecular weight is 497 g/mol. The van der Waals surface area contributed by atoms with Crippen LogP contribution in [0.4, 0.5) is 0 Å². The normalized spacial score (nSPS) is 16.3. The van der Waals surface area contributed by atoms with Crippen molar-refractivity contribution < 1.29 is 39.6 Å². The summed E-state index contributed by atoms with van der Waals surface area (Å²) in [6.45, 7) is -1.66. The van der Waals surface area contributed by atoms with Crippen LogP contribution in [0, 0.1) is 0 Å². The van der Waals surface area contributed by atoms with Crippen molar-refractivity contribution in [1.29, 1.82) is 0 Å². The lowest BCUT2D eigenvalue weighted by Crippen LogP contribution is -2.79. The molecule has 35 heavy (non-hydrogen) atoms. The zero-order valence-electron chi connectivity index (χ0n) is 18.2. The SMILES string of the molecule is O=C(Cl)[C@@](O)(C(=O)c1ccccc1)[C@@](O)(C(=O)c1ccccc1)[C@](O)(CO)C(=O)c1ccccc1. The second-order valence-electron chi connectivity index (χ2n) is 7.80. The van der Waals surface area contributed by atoms with Crippen LogP contribution in [0.1, 0.15) is 31.1 Å². The van der Waals surface area contributed by atoms with Gasteiger partial charge >= 0.3 is 0 Å². The van der Waals surface area contributed by atoms with Gasteiger partial charge in [0.2, 0.25) is 22.8 Å². The van der Waals surface area contributed by atoms with E-state index >= 15 is 0 Å². The summed E-state index contributed by atoms with van der Waals surface area (Å²) in [6, 6.07) is 19.9. The Labute approximate surface area is 205 Å². The molecule has 3 aromatic rings. The summed E-state index contributed by atoms with van der Waals surface area (Å²) in [5.41, 5.74) is -12.5. The van der Waals surface area contributed by atoms with Crippen LogP contribution in [0.25, 0.3) is 0 Å². The van der Waals surface area contributed by atoms with Gasteiger partial charge in [-0.1, -0.05) is 91.0 Å². The van der Waals surface area contributed by atoms with E-state index in [-0.39, 0.29) is 16.7 Å². The van der Waals surface area contributed by atoms with Crippen molar-refractivity contribution in [3.05, 3.63) is 108 Å². The van der Waals surface area contributed by atoms with Gasteiger partial charge in [0, 0.05) is 16.7 Å². The average Bonchev–Trinajstić information content (AvgIpc) is 2.91. The van der Waals surface area contributed by atoms with Crippen molar-refractivity contribution in [2.45, 2.75) is 16.8 Å². The molecule has 3 rings (SSSR count). The number of benzene rings is 3. The zero-order chi connectivity index (χ0) is 25.9. The molecule has 0 radical (unpaired) electrons. The number of aliphatic hydroxyl groups excluding tert-OH is 1. The number of ketones is 3. The Morgan fingerprint density at radius 1 is 0.600 bits per heavy atom. The van der Waals surface area contributed by atoms with Gasteiger partial charge in [0.25, 0.3) is 5.24 Å². The van der Waals surface area contributed by atoms with Gasteiger partial charge in [-0.25, -0.2) is 0 Å². The van der Waals surface area contributed by atoms with Crippen LogP contribution in [0.3, 0.4) is 0 Å². The Morgan fingerprint density at radius 2 is 0.943 bits per heavy atom. The van der Waals surface area contributed by atoms with Crippen molar-refractivity contribution in [3.8, 4) is 0 Å². The van der Waals surface area contributed by atoms with Crippen LogP contribution in [-0.2, 0) is 4.79 Å². The molecule has 0 unspecified atom stereocenters. The van der Waals surface area contributed by atoms with Crippen molar-refractivity contribution >= 4 is 34.2 Å². The highest BCUT2D eigenvalue weighted by molar-refractivity contribution is 6.68. The monoisotopic (exact) mass is 496 g/mol. The van der Waals surface area contributed by atoms with Crippen molar-refractivity contribution in [2.24, 2.45) is 0 Å². The highest BCUT2D eigenvalue weighted by Gasteiger charge is 2.74. The van der Waals surface area contributed by atoms with E-state index in [0.29, 0.717) is 0 Å².